The summed E-state index contributed by atoms with van der Waals surface area (Å²) >= 11 is 0. The molecule has 3 heterocycles. The van der Waals surface area contributed by atoms with Crippen molar-refractivity contribution >= 4 is 22.5 Å². The van der Waals surface area contributed by atoms with Crippen molar-refractivity contribution in [2.45, 2.75) is 52.4 Å². The van der Waals surface area contributed by atoms with Crippen molar-refractivity contribution < 1.29 is 14.3 Å². The SMILES string of the molecule is CC#CC(=O)N1CCN(c2nc(OCC)nc3c2COC(c2cccc4cccc(C)c24)C3)C[C@@H]1CC#N. The van der Waals surface area contributed by atoms with Crippen LogP contribution >= 0.6 is 0 Å². The van der Waals surface area contributed by atoms with E-state index in [1.54, 1.807) is 11.8 Å². The average molecular weight is 510 g/mol. The number of nitriles is 1. The number of anilines is 1. The largest absolute Gasteiger partial charge is 0.464 e. The molecular weight excluding hydrogens is 478 g/mol. The van der Waals surface area contributed by atoms with Crippen LogP contribution in [0.4, 0.5) is 5.82 Å². The van der Waals surface area contributed by atoms with Gasteiger partial charge in [-0.15, -0.1) is 0 Å². The molecule has 0 N–H and O–H groups in total. The van der Waals surface area contributed by atoms with Gasteiger partial charge in [0.15, 0.2) is 0 Å². The van der Waals surface area contributed by atoms with Crippen LogP contribution in [-0.2, 0) is 22.6 Å². The molecule has 3 aromatic rings. The predicted molar refractivity (Wildman–Crippen MR) is 145 cm³/mol. The van der Waals surface area contributed by atoms with E-state index in [-0.39, 0.29) is 24.5 Å². The highest BCUT2D eigenvalue weighted by Crippen LogP contribution is 2.38. The van der Waals surface area contributed by atoms with E-state index in [2.05, 4.69) is 66.1 Å². The summed E-state index contributed by atoms with van der Waals surface area (Å²) < 4.78 is 12.2. The zero-order valence-electron chi connectivity index (χ0n) is 22.0. The standard InChI is InChI=1S/C30H31N5O3/c1-4-8-27(36)35-16-15-34(18-22(35)13-14-31)29-24-19-38-26(17-25(24)32-30(33-29)37-5-2)23-12-7-11-21-10-6-9-20(3)28(21)23/h6-7,9-12,22,26H,5,13,15-19H2,1-3H3/t22-,26?/m0/s1. The number of nitrogens with zero attached hydrogens (tertiary/aromatic N) is 5. The van der Waals surface area contributed by atoms with E-state index >= 15 is 0 Å². The molecule has 1 fully saturated rings. The molecule has 8 nitrogen and oxygen atoms in total. The van der Waals surface area contributed by atoms with Gasteiger partial charge in [0.05, 0.1) is 43.5 Å². The molecule has 2 aliphatic rings. The van der Waals surface area contributed by atoms with Gasteiger partial charge in [-0.25, -0.2) is 0 Å². The Labute approximate surface area is 223 Å². The maximum absolute atomic E-state index is 12.5. The van der Waals surface area contributed by atoms with E-state index in [1.807, 2.05) is 6.92 Å². The Bertz CT molecular complexity index is 1460. The highest BCUT2D eigenvalue weighted by atomic mass is 16.5. The molecule has 1 amide bonds. The lowest BCUT2D eigenvalue weighted by atomic mass is 9.92. The number of fused-ring (bicyclic) bond motifs is 2. The Morgan fingerprint density at radius 1 is 1.21 bits per heavy atom. The Kier molecular flexibility index (Phi) is 7.44. The maximum atomic E-state index is 12.5. The number of hydrogen-bond donors (Lipinski definition) is 0. The van der Waals surface area contributed by atoms with E-state index < -0.39 is 0 Å². The highest BCUT2D eigenvalue weighted by molar-refractivity contribution is 5.94. The second-order valence-corrected chi connectivity index (χ2v) is 9.55. The summed E-state index contributed by atoms with van der Waals surface area (Å²) in [4.78, 5) is 25.9. The summed E-state index contributed by atoms with van der Waals surface area (Å²) in [7, 11) is 0. The quantitative estimate of drug-likeness (QED) is 0.478. The minimum atomic E-state index is -0.279. The highest BCUT2D eigenvalue weighted by Gasteiger charge is 2.34. The summed E-state index contributed by atoms with van der Waals surface area (Å²) in [6.07, 6.45) is 0.681. The van der Waals surface area contributed by atoms with Crippen LogP contribution in [-0.4, -0.2) is 53.1 Å². The topological polar surface area (TPSA) is 91.6 Å². The molecule has 2 aromatic carbocycles. The molecule has 2 atom stereocenters. The second kappa shape index (κ2) is 11.1. The Hall–Kier alpha value is -4.14. The summed E-state index contributed by atoms with van der Waals surface area (Å²) in [5.41, 5.74) is 4.22. The van der Waals surface area contributed by atoms with Crippen LogP contribution in [0.3, 0.4) is 0 Å². The van der Waals surface area contributed by atoms with Crippen LogP contribution in [0.25, 0.3) is 10.8 Å². The number of piperazine rings is 1. The number of hydrogen-bond acceptors (Lipinski definition) is 7. The zero-order chi connectivity index (χ0) is 26.6. The van der Waals surface area contributed by atoms with Crippen LogP contribution in [0.5, 0.6) is 6.01 Å². The van der Waals surface area contributed by atoms with Crippen molar-refractivity contribution in [2.24, 2.45) is 0 Å². The molecule has 0 spiro atoms. The van der Waals surface area contributed by atoms with Crippen molar-refractivity contribution in [1.29, 1.82) is 5.26 Å². The molecule has 5 rings (SSSR count). The third-order valence-electron chi connectivity index (χ3n) is 7.23. The third kappa shape index (κ3) is 4.88. The molecule has 38 heavy (non-hydrogen) atoms. The molecular formula is C30H31N5O3. The van der Waals surface area contributed by atoms with Gasteiger partial charge < -0.3 is 19.3 Å². The van der Waals surface area contributed by atoms with Crippen molar-refractivity contribution in [1.82, 2.24) is 14.9 Å². The van der Waals surface area contributed by atoms with Gasteiger partial charge in [-0.2, -0.15) is 15.2 Å². The third-order valence-corrected chi connectivity index (χ3v) is 7.23. The summed E-state index contributed by atoms with van der Waals surface area (Å²) in [6, 6.07) is 15.0. The summed E-state index contributed by atoms with van der Waals surface area (Å²) in [6.45, 7) is 8.01. The second-order valence-electron chi connectivity index (χ2n) is 9.55. The first-order valence-corrected chi connectivity index (χ1v) is 13.0. The number of carbonyl (C=O) groups excluding carboxylic acids is 1. The normalized spacial score (nSPS) is 18.8. The monoisotopic (exact) mass is 509 g/mol. The van der Waals surface area contributed by atoms with Gasteiger partial charge >= 0.3 is 6.01 Å². The number of ether oxygens (including phenoxy) is 2. The fourth-order valence-electron chi connectivity index (χ4n) is 5.49. The van der Waals surface area contributed by atoms with Gasteiger partial charge in [0.1, 0.15) is 5.82 Å². The van der Waals surface area contributed by atoms with E-state index in [9.17, 15) is 10.1 Å². The molecule has 0 radical (unpaired) electrons. The van der Waals surface area contributed by atoms with E-state index in [0.29, 0.717) is 45.3 Å². The fourth-order valence-corrected chi connectivity index (χ4v) is 5.49. The molecule has 2 aliphatic heterocycles. The van der Waals surface area contributed by atoms with Gasteiger partial charge in [-0.3, -0.25) is 4.79 Å². The smallest absolute Gasteiger partial charge is 0.318 e. The Morgan fingerprint density at radius 2 is 2.03 bits per heavy atom. The molecule has 1 unspecified atom stereocenters. The number of benzene rings is 2. The minimum absolute atomic E-state index is 0.141. The number of rotatable bonds is 5. The Morgan fingerprint density at radius 3 is 2.79 bits per heavy atom. The van der Waals surface area contributed by atoms with Crippen LogP contribution in [0.15, 0.2) is 36.4 Å². The maximum Gasteiger partial charge on any atom is 0.318 e. The lowest BCUT2D eigenvalue weighted by Gasteiger charge is -2.41. The lowest BCUT2D eigenvalue weighted by molar-refractivity contribution is -0.127. The van der Waals surface area contributed by atoms with Crippen LogP contribution in [0.1, 0.15) is 48.8 Å². The van der Waals surface area contributed by atoms with Crippen LogP contribution < -0.4 is 9.64 Å². The number of amides is 1. The van der Waals surface area contributed by atoms with Gasteiger partial charge in [0.25, 0.3) is 5.91 Å². The van der Waals surface area contributed by atoms with Crippen molar-refractivity contribution in [3.05, 3.63) is 58.8 Å². The van der Waals surface area contributed by atoms with E-state index in [0.717, 1.165) is 22.6 Å². The first-order valence-electron chi connectivity index (χ1n) is 13.0. The number of aromatic nitrogens is 2. The molecule has 194 valence electrons. The molecule has 1 saturated heterocycles. The first-order chi connectivity index (χ1) is 18.5. The van der Waals surface area contributed by atoms with Gasteiger partial charge in [0.2, 0.25) is 0 Å². The summed E-state index contributed by atoms with van der Waals surface area (Å²) in [5, 5.41) is 11.8. The van der Waals surface area contributed by atoms with Gasteiger partial charge in [-0.05, 0) is 48.6 Å². The zero-order valence-corrected chi connectivity index (χ0v) is 22.0. The van der Waals surface area contributed by atoms with Crippen LogP contribution in [0.2, 0.25) is 0 Å². The lowest BCUT2D eigenvalue weighted by Crippen LogP contribution is -2.55. The molecule has 8 heteroatoms. The van der Waals surface area contributed by atoms with E-state index in [1.165, 1.54) is 16.3 Å². The van der Waals surface area contributed by atoms with Crippen molar-refractivity contribution in [3.63, 3.8) is 0 Å². The fraction of sp³-hybridized carbons (Fsp3) is 0.400. The van der Waals surface area contributed by atoms with Gasteiger partial charge in [-0.1, -0.05) is 42.3 Å². The first kappa shape index (κ1) is 25.5. The summed E-state index contributed by atoms with van der Waals surface area (Å²) in [5.74, 6) is 5.79. The van der Waals surface area contributed by atoms with Crippen molar-refractivity contribution in [2.75, 3.05) is 31.1 Å². The average Bonchev–Trinajstić information content (AvgIpc) is 2.92. The van der Waals surface area contributed by atoms with Crippen molar-refractivity contribution in [3.8, 4) is 23.9 Å². The molecule has 0 aliphatic carbocycles. The molecule has 0 bridgehead atoms. The molecule has 0 saturated carbocycles. The minimum Gasteiger partial charge on any atom is -0.464 e. The van der Waals surface area contributed by atoms with E-state index in [4.69, 9.17) is 19.4 Å². The molecule has 1 aromatic heterocycles. The Balaban J connectivity index is 1.49. The number of aryl methyl sites for hydroxylation is 1. The predicted octanol–water partition coefficient (Wildman–Crippen LogP) is 4.11. The number of carbonyl (C=O) groups is 1. The van der Waals surface area contributed by atoms with Crippen LogP contribution in [0, 0.1) is 30.1 Å². The van der Waals surface area contributed by atoms with Gasteiger partial charge in [0, 0.05) is 31.6 Å².